The van der Waals surface area contributed by atoms with E-state index in [4.69, 9.17) is 5.11 Å². The number of nitrogens with one attached hydrogen (secondary N) is 1. The van der Waals surface area contributed by atoms with Gasteiger partial charge in [0.05, 0.1) is 0 Å². The molecular formula is C11H21NO5S. The van der Waals surface area contributed by atoms with Gasteiger partial charge in [0.1, 0.15) is 5.75 Å². The fourth-order valence-corrected chi connectivity index (χ4v) is 2.00. The Morgan fingerprint density at radius 3 is 2.00 bits per heavy atom. The van der Waals surface area contributed by atoms with Crippen LogP contribution in [0.5, 0.6) is 0 Å². The van der Waals surface area contributed by atoms with Crippen LogP contribution in [0, 0.1) is 5.92 Å². The molecule has 0 spiro atoms. The molecule has 0 aromatic rings. The van der Waals surface area contributed by atoms with E-state index in [2.05, 4.69) is 5.32 Å². The smallest absolute Gasteiger partial charge is 0.324 e. The number of carbonyl (C=O) groups excluding carboxylic acids is 1. The molecule has 18 heavy (non-hydrogen) atoms. The lowest BCUT2D eigenvalue weighted by Crippen LogP contribution is -2.47. The van der Waals surface area contributed by atoms with Gasteiger partial charge in [0.2, 0.25) is 5.91 Å². The second-order valence-electron chi connectivity index (χ2n) is 5.17. The van der Waals surface area contributed by atoms with Crippen LogP contribution in [0.25, 0.3) is 0 Å². The molecule has 106 valence electrons. The van der Waals surface area contributed by atoms with Crippen molar-refractivity contribution in [1.82, 2.24) is 5.32 Å². The number of hydrogen-bond acceptors (Lipinski definition) is 4. The second-order valence-corrected chi connectivity index (χ2v) is 7.71. The number of carboxylic acids is 1. The summed E-state index contributed by atoms with van der Waals surface area (Å²) < 4.78 is 21.7. The molecule has 0 heterocycles. The third-order valence-corrected chi connectivity index (χ3v) is 5.37. The normalized spacial score (nSPS) is 14.3. The summed E-state index contributed by atoms with van der Waals surface area (Å²) in [7, 11) is -4.04. The van der Waals surface area contributed by atoms with E-state index < -0.39 is 32.2 Å². The van der Waals surface area contributed by atoms with Crippen LogP contribution in [-0.2, 0) is 19.4 Å². The molecule has 0 aliphatic carbocycles. The van der Waals surface area contributed by atoms with Crippen molar-refractivity contribution in [2.24, 2.45) is 5.92 Å². The highest BCUT2D eigenvalue weighted by Crippen LogP contribution is 2.17. The van der Waals surface area contributed by atoms with Crippen molar-refractivity contribution in [2.45, 2.75) is 45.4 Å². The number of amides is 1. The monoisotopic (exact) mass is 279 g/mol. The van der Waals surface area contributed by atoms with Gasteiger partial charge in [-0.15, -0.1) is 0 Å². The van der Waals surface area contributed by atoms with Gasteiger partial charge >= 0.3 is 5.97 Å². The van der Waals surface area contributed by atoms with Crippen LogP contribution in [0.3, 0.4) is 0 Å². The molecule has 0 aromatic heterocycles. The zero-order chi connectivity index (χ0) is 14.7. The molecule has 1 unspecified atom stereocenters. The molecule has 1 amide bonds. The van der Waals surface area contributed by atoms with E-state index in [0.29, 0.717) is 0 Å². The van der Waals surface area contributed by atoms with E-state index in [1.165, 1.54) is 0 Å². The minimum absolute atomic E-state index is 0.166. The van der Waals surface area contributed by atoms with Gasteiger partial charge in [-0.05, 0) is 26.7 Å². The number of carbonyl (C=O) groups is 2. The fraction of sp³-hybridized carbons (Fsp3) is 0.818. The molecule has 0 aliphatic heterocycles. The molecule has 0 aliphatic rings. The van der Waals surface area contributed by atoms with Gasteiger partial charge in [-0.2, -0.15) is 0 Å². The maximum Gasteiger partial charge on any atom is 0.324 e. The number of rotatable bonds is 6. The molecule has 1 atom stereocenters. The zero-order valence-electron chi connectivity index (χ0n) is 11.4. The Kier molecular flexibility index (Phi) is 5.34. The van der Waals surface area contributed by atoms with Crippen molar-refractivity contribution in [3.63, 3.8) is 0 Å². The summed E-state index contributed by atoms with van der Waals surface area (Å²) in [5, 5.41) is 11.4. The SMILES string of the molecule is CC(C)C(C)NC(=O)CS(=O)(=O)C(C)(C)C(=O)O. The topological polar surface area (TPSA) is 101 Å². The van der Waals surface area contributed by atoms with Crippen molar-refractivity contribution in [1.29, 1.82) is 0 Å². The Morgan fingerprint density at radius 1 is 1.22 bits per heavy atom. The van der Waals surface area contributed by atoms with Crippen LogP contribution in [-0.4, -0.2) is 41.9 Å². The molecule has 0 rings (SSSR count). The van der Waals surface area contributed by atoms with Gasteiger partial charge in [-0.3, -0.25) is 9.59 Å². The molecule has 6 nitrogen and oxygen atoms in total. The Morgan fingerprint density at radius 2 is 1.67 bits per heavy atom. The predicted molar refractivity (Wildman–Crippen MR) is 67.9 cm³/mol. The van der Waals surface area contributed by atoms with Gasteiger partial charge in [0.25, 0.3) is 0 Å². The Hall–Kier alpha value is -1.11. The van der Waals surface area contributed by atoms with Crippen LogP contribution in [0.1, 0.15) is 34.6 Å². The summed E-state index contributed by atoms with van der Waals surface area (Å²) in [5.41, 5.74) is 0. The van der Waals surface area contributed by atoms with E-state index in [9.17, 15) is 18.0 Å². The van der Waals surface area contributed by atoms with Crippen molar-refractivity contribution in [2.75, 3.05) is 5.75 Å². The number of carboxylic acid groups (broad SMARTS) is 1. The molecule has 0 saturated heterocycles. The lowest BCUT2D eigenvalue weighted by molar-refractivity contribution is -0.139. The molecule has 0 aromatic carbocycles. The Labute approximate surface area is 108 Å². The van der Waals surface area contributed by atoms with Crippen molar-refractivity contribution in [3.8, 4) is 0 Å². The van der Waals surface area contributed by atoms with Crippen LogP contribution < -0.4 is 5.32 Å². The summed E-state index contributed by atoms with van der Waals surface area (Å²) in [5.74, 6) is -2.79. The zero-order valence-corrected chi connectivity index (χ0v) is 12.2. The van der Waals surface area contributed by atoms with Crippen LogP contribution in [0.4, 0.5) is 0 Å². The van der Waals surface area contributed by atoms with E-state index in [1.54, 1.807) is 6.92 Å². The Balaban J connectivity index is 4.81. The maximum absolute atomic E-state index is 11.8. The highest BCUT2D eigenvalue weighted by Gasteiger charge is 2.43. The highest BCUT2D eigenvalue weighted by molar-refractivity contribution is 7.94. The average Bonchev–Trinajstić information content (AvgIpc) is 2.15. The molecule has 0 saturated carbocycles. The van der Waals surface area contributed by atoms with Gasteiger partial charge in [0.15, 0.2) is 14.6 Å². The quantitative estimate of drug-likeness (QED) is 0.734. The molecular weight excluding hydrogens is 258 g/mol. The number of aliphatic carboxylic acids is 1. The number of sulfone groups is 1. The summed E-state index contributed by atoms with van der Waals surface area (Å²) >= 11 is 0. The van der Waals surface area contributed by atoms with Crippen molar-refractivity contribution >= 4 is 21.7 Å². The first-order chi connectivity index (χ1) is 7.91. The molecule has 0 bridgehead atoms. The summed E-state index contributed by atoms with van der Waals surface area (Å²) in [4.78, 5) is 22.4. The lowest BCUT2D eigenvalue weighted by atomic mass is 10.1. The van der Waals surface area contributed by atoms with Crippen LogP contribution in [0.15, 0.2) is 0 Å². The molecule has 0 radical (unpaired) electrons. The van der Waals surface area contributed by atoms with Gasteiger partial charge < -0.3 is 10.4 Å². The van der Waals surface area contributed by atoms with Gasteiger partial charge in [-0.1, -0.05) is 13.8 Å². The van der Waals surface area contributed by atoms with Crippen LogP contribution >= 0.6 is 0 Å². The van der Waals surface area contributed by atoms with E-state index >= 15 is 0 Å². The van der Waals surface area contributed by atoms with Crippen molar-refractivity contribution in [3.05, 3.63) is 0 Å². The first kappa shape index (κ1) is 16.9. The summed E-state index contributed by atoms with van der Waals surface area (Å²) in [6.45, 7) is 7.69. The maximum atomic E-state index is 11.8. The fourth-order valence-electron chi connectivity index (χ4n) is 0.948. The number of hydrogen-bond donors (Lipinski definition) is 2. The highest BCUT2D eigenvalue weighted by atomic mass is 32.2. The minimum Gasteiger partial charge on any atom is -0.480 e. The molecule has 7 heteroatoms. The Bertz CT molecular complexity index is 425. The largest absolute Gasteiger partial charge is 0.480 e. The first-order valence-electron chi connectivity index (χ1n) is 5.67. The average molecular weight is 279 g/mol. The third-order valence-electron chi connectivity index (χ3n) is 3.00. The molecule has 2 N–H and O–H groups in total. The third kappa shape index (κ3) is 3.97. The predicted octanol–water partition coefficient (Wildman–Crippen LogP) is 0.425. The first-order valence-corrected chi connectivity index (χ1v) is 7.32. The van der Waals surface area contributed by atoms with E-state index in [-0.39, 0.29) is 12.0 Å². The molecule has 0 fully saturated rings. The lowest BCUT2D eigenvalue weighted by Gasteiger charge is -2.21. The van der Waals surface area contributed by atoms with Crippen LogP contribution in [0.2, 0.25) is 0 Å². The standard InChI is InChI=1S/C11H21NO5S/c1-7(2)8(3)12-9(13)6-18(16,17)11(4,5)10(14)15/h7-8H,6H2,1-5H3,(H,12,13)(H,14,15). The van der Waals surface area contributed by atoms with Gasteiger partial charge in [0, 0.05) is 6.04 Å². The van der Waals surface area contributed by atoms with Crippen molar-refractivity contribution < 1.29 is 23.1 Å². The minimum atomic E-state index is -4.04. The second kappa shape index (κ2) is 5.69. The van der Waals surface area contributed by atoms with E-state index in [0.717, 1.165) is 13.8 Å². The van der Waals surface area contributed by atoms with Gasteiger partial charge in [-0.25, -0.2) is 8.42 Å². The van der Waals surface area contributed by atoms with E-state index in [1.807, 2.05) is 13.8 Å². The summed E-state index contributed by atoms with van der Waals surface area (Å²) in [6, 6.07) is -0.166. The summed E-state index contributed by atoms with van der Waals surface area (Å²) in [6.07, 6.45) is 0.